The van der Waals surface area contributed by atoms with Gasteiger partial charge in [0, 0.05) is 41.2 Å². The van der Waals surface area contributed by atoms with Gasteiger partial charge in [-0.2, -0.15) is 0 Å². The second kappa shape index (κ2) is 20.2. The molecule has 2 heterocycles. The maximum absolute atomic E-state index is 6.39. The number of halogens is 1. The fourth-order valence-electron chi connectivity index (χ4n) is 6.92. The van der Waals surface area contributed by atoms with Crippen molar-refractivity contribution in [1.82, 2.24) is 25.1 Å². The van der Waals surface area contributed by atoms with Crippen molar-refractivity contribution in [2.45, 2.75) is 12.8 Å². The summed E-state index contributed by atoms with van der Waals surface area (Å²) in [6, 6.07) is 50.3. The second-order valence-corrected chi connectivity index (χ2v) is 15.4. The Hall–Kier alpha value is -5.37. The van der Waals surface area contributed by atoms with E-state index in [0.29, 0.717) is 0 Å². The van der Waals surface area contributed by atoms with E-state index in [1.54, 1.807) is 0 Å². The topological polar surface area (TPSA) is 47.5 Å². The Morgan fingerprint density at radius 1 is 0.491 bits per heavy atom. The molecule has 0 amide bonds. The molecule has 2 aromatic heterocycles. The molecule has 6 nitrogen and oxygen atoms in total. The standard InChI is InChI=1S/C25H27N3.C19H12ClN.C6H16N2/c1-27(2)15-8-16-28(3)25-18-24(26-23-12-7-6-11-22(23)25)21-14-13-19-9-4-5-10-20(19)17-21;20-17-12-19(21-18-8-4-3-7-16(17)18)15-10-9-13-5-1-2-6-14(13)11-15;1-7-5-4-6-8(2)3/h4-7,9-14,17-18H,8,15-16H2,1-3H3;1-12H;7H,4-6H2,1-3H3. The van der Waals surface area contributed by atoms with Gasteiger partial charge in [0.2, 0.25) is 0 Å². The van der Waals surface area contributed by atoms with Crippen molar-refractivity contribution in [2.24, 2.45) is 0 Å². The summed E-state index contributed by atoms with van der Waals surface area (Å²) in [6.07, 6.45) is 2.37. The predicted molar refractivity (Wildman–Crippen MR) is 248 cm³/mol. The smallest absolute Gasteiger partial charge is 0.0730 e. The van der Waals surface area contributed by atoms with Crippen LogP contribution >= 0.6 is 11.6 Å². The number of rotatable bonds is 11. The van der Waals surface area contributed by atoms with Gasteiger partial charge >= 0.3 is 0 Å². The van der Waals surface area contributed by atoms with Crippen LogP contribution in [0.15, 0.2) is 146 Å². The molecular formula is C50H55ClN6. The summed E-state index contributed by atoms with van der Waals surface area (Å²) in [5.41, 5.74) is 7.39. The van der Waals surface area contributed by atoms with E-state index in [2.05, 4.69) is 158 Å². The molecule has 8 aromatic rings. The third-order valence-corrected chi connectivity index (χ3v) is 10.3. The molecule has 7 heteroatoms. The predicted octanol–water partition coefficient (Wildman–Crippen LogP) is 11.3. The number of aromatic nitrogens is 2. The minimum Gasteiger partial charge on any atom is -0.374 e. The van der Waals surface area contributed by atoms with Gasteiger partial charge in [0.1, 0.15) is 0 Å². The zero-order valence-corrected chi connectivity index (χ0v) is 35.0. The maximum Gasteiger partial charge on any atom is 0.0730 e. The van der Waals surface area contributed by atoms with E-state index < -0.39 is 0 Å². The number of pyridine rings is 2. The lowest BCUT2D eigenvalue weighted by Gasteiger charge is -2.23. The monoisotopic (exact) mass is 774 g/mol. The fraction of sp³-hybridized carbons (Fsp3) is 0.240. The lowest BCUT2D eigenvalue weighted by Crippen LogP contribution is -2.23. The van der Waals surface area contributed by atoms with Crippen LogP contribution in [0, 0.1) is 0 Å². The SMILES string of the molecule is CN(C)CCCN(C)c1cc(-c2ccc3ccccc3c2)nc2ccccc12.CNCCCN(C)C.Clc1cc(-c2ccc3ccccc3c2)nc2ccccc12. The Kier molecular flexibility index (Phi) is 14.6. The molecule has 0 saturated heterocycles. The van der Waals surface area contributed by atoms with Crippen molar-refractivity contribution in [1.29, 1.82) is 0 Å². The van der Waals surface area contributed by atoms with E-state index in [1.165, 1.54) is 45.6 Å². The molecule has 0 aliphatic carbocycles. The lowest BCUT2D eigenvalue weighted by atomic mass is 10.0. The number of fused-ring (bicyclic) bond motifs is 4. The average molecular weight is 775 g/mol. The van der Waals surface area contributed by atoms with E-state index in [-0.39, 0.29) is 0 Å². The molecule has 0 unspecified atom stereocenters. The maximum atomic E-state index is 6.39. The van der Waals surface area contributed by atoms with Gasteiger partial charge in [0.25, 0.3) is 0 Å². The number of hydrogen-bond donors (Lipinski definition) is 1. The summed E-state index contributed by atoms with van der Waals surface area (Å²) in [7, 11) is 12.6. The highest BCUT2D eigenvalue weighted by Crippen LogP contribution is 2.32. The van der Waals surface area contributed by atoms with Gasteiger partial charge in [-0.15, -0.1) is 0 Å². The number of para-hydroxylation sites is 2. The first-order valence-corrected chi connectivity index (χ1v) is 20.2. The van der Waals surface area contributed by atoms with E-state index in [0.717, 1.165) is 70.0 Å². The summed E-state index contributed by atoms with van der Waals surface area (Å²) in [5, 5.41) is 11.0. The van der Waals surface area contributed by atoms with Crippen molar-refractivity contribution in [3.8, 4) is 22.5 Å². The number of nitrogens with zero attached hydrogens (tertiary/aromatic N) is 5. The van der Waals surface area contributed by atoms with Gasteiger partial charge in [-0.05, 0) is 126 Å². The first-order chi connectivity index (χ1) is 27.7. The van der Waals surface area contributed by atoms with Gasteiger partial charge < -0.3 is 20.0 Å². The molecule has 6 aromatic carbocycles. The molecular weight excluding hydrogens is 720 g/mol. The van der Waals surface area contributed by atoms with Crippen molar-refractivity contribution in [2.75, 3.05) is 73.4 Å². The second-order valence-electron chi connectivity index (χ2n) is 15.0. The molecule has 57 heavy (non-hydrogen) atoms. The summed E-state index contributed by atoms with van der Waals surface area (Å²) < 4.78 is 0. The highest BCUT2D eigenvalue weighted by atomic mass is 35.5. The Morgan fingerprint density at radius 2 is 0.965 bits per heavy atom. The normalized spacial score (nSPS) is 11.2. The minimum absolute atomic E-state index is 0.740. The van der Waals surface area contributed by atoms with Crippen LogP contribution in [-0.4, -0.2) is 88.2 Å². The average Bonchev–Trinajstić information content (AvgIpc) is 3.23. The molecule has 0 spiro atoms. The summed E-state index contributed by atoms with van der Waals surface area (Å²) in [4.78, 5) is 16.5. The van der Waals surface area contributed by atoms with Crippen LogP contribution < -0.4 is 10.2 Å². The van der Waals surface area contributed by atoms with Gasteiger partial charge in [-0.3, -0.25) is 0 Å². The molecule has 0 aliphatic rings. The highest BCUT2D eigenvalue weighted by Gasteiger charge is 2.12. The Balaban J connectivity index is 0.000000166. The van der Waals surface area contributed by atoms with Crippen LogP contribution in [0.2, 0.25) is 5.02 Å². The number of hydrogen-bond acceptors (Lipinski definition) is 6. The van der Waals surface area contributed by atoms with Crippen LogP contribution in [0.1, 0.15) is 12.8 Å². The Morgan fingerprint density at radius 3 is 1.53 bits per heavy atom. The summed E-state index contributed by atoms with van der Waals surface area (Å²) in [6.45, 7) is 4.41. The molecule has 292 valence electrons. The van der Waals surface area contributed by atoms with Crippen molar-refractivity contribution in [3.05, 3.63) is 151 Å². The first kappa shape index (κ1) is 41.3. The van der Waals surface area contributed by atoms with E-state index >= 15 is 0 Å². The van der Waals surface area contributed by atoms with Crippen LogP contribution in [0.25, 0.3) is 65.9 Å². The van der Waals surface area contributed by atoms with Crippen LogP contribution in [-0.2, 0) is 0 Å². The number of benzene rings is 6. The zero-order chi connectivity index (χ0) is 40.1. The molecule has 1 N–H and O–H groups in total. The van der Waals surface area contributed by atoms with E-state index in [4.69, 9.17) is 21.6 Å². The molecule has 0 radical (unpaired) electrons. The van der Waals surface area contributed by atoms with Crippen LogP contribution in [0.3, 0.4) is 0 Å². The molecule has 0 atom stereocenters. The molecule has 0 saturated carbocycles. The van der Waals surface area contributed by atoms with Crippen molar-refractivity contribution >= 4 is 60.6 Å². The van der Waals surface area contributed by atoms with Gasteiger partial charge in [-0.25, -0.2) is 9.97 Å². The zero-order valence-electron chi connectivity index (χ0n) is 34.2. The largest absolute Gasteiger partial charge is 0.374 e. The van der Waals surface area contributed by atoms with E-state index in [9.17, 15) is 0 Å². The van der Waals surface area contributed by atoms with Crippen molar-refractivity contribution < 1.29 is 0 Å². The molecule has 0 fully saturated rings. The Labute approximate surface area is 343 Å². The highest BCUT2D eigenvalue weighted by molar-refractivity contribution is 6.35. The van der Waals surface area contributed by atoms with Crippen molar-refractivity contribution in [3.63, 3.8) is 0 Å². The first-order valence-electron chi connectivity index (χ1n) is 19.8. The van der Waals surface area contributed by atoms with Gasteiger partial charge in [0.05, 0.1) is 27.4 Å². The minimum atomic E-state index is 0.740. The molecule has 8 rings (SSSR count). The van der Waals surface area contributed by atoms with Crippen LogP contribution in [0.4, 0.5) is 5.69 Å². The lowest BCUT2D eigenvalue weighted by molar-refractivity contribution is 0.397. The van der Waals surface area contributed by atoms with Gasteiger partial charge in [0.15, 0.2) is 0 Å². The summed E-state index contributed by atoms with van der Waals surface area (Å²) in [5.74, 6) is 0. The third kappa shape index (κ3) is 11.1. The van der Waals surface area contributed by atoms with Gasteiger partial charge in [-0.1, -0.05) is 121 Å². The van der Waals surface area contributed by atoms with Crippen LogP contribution in [0.5, 0.6) is 0 Å². The van der Waals surface area contributed by atoms with E-state index in [1.807, 2.05) is 49.5 Å². The fourth-order valence-corrected chi connectivity index (χ4v) is 7.18. The molecule has 0 aliphatic heterocycles. The third-order valence-electron chi connectivity index (χ3n) is 9.99. The quantitative estimate of drug-likeness (QED) is 0.132. The molecule has 0 bridgehead atoms. The number of anilines is 1. The Bertz CT molecular complexity index is 2530. The summed E-state index contributed by atoms with van der Waals surface area (Å²) >= 11 is 6.39. The number of nitrogens with one attached hydrogen (secondary N) is 1.